The van der Waals surface area contributed by atoms with E-state index in [-0.39, 0.29) is 19.1 Å². The Morgan fingerprint density at radius 3 is 2.68 bits per heavy atom. The van der Waals surface area contributed by atoms with E-state index in [1.165, 1.54) is 11.9 Å². The minimum absolute atomic E-state index is 0.134. The van der Waals surface area contributed by atoms with Crippen molar-refractivity contribution in [3.05, 3.63) is 34.9 Å². The molecule has 5 heteroatoms. The van der Waals surface area contributed by atoms with Crippen molar-refractivity contribution in [3.8, 4) is 11.8 Å². The molecule has 0 heterocycles. The van der Waals surface area contributed by atoms with Crippen molar-refractivity contribution in [3.63, 3.8) is 0 Å². The summed E-state index contributed by atoms with van der Waals surface area (Å²) in [5.74, 6) is 4.46. The van der Waals surface area contributed by atoms with Crippen LogP contribution in [0.2, 0.25) is 0 Å². The minimum atomic E-state index is -0.565. The standard InChI is InChI=1S/C14H16N2O3/c1-10-11(6-4-8-17)5-3-7-12(10)14(19)16(2)9-13(15)18/h3,5,7,17H,8-9H2,1-2H3,(H2,15,18). The number of likely N-dealkylation sites (N-methyl/N-ethyl adjacent to an activating group) is 1. The lowest BCUT2D eigenvalue weighted by atomic mass is 10.0. The second kappa shape index (κ2) is 6.57. The van der Waals surface area contributed by atoms with Gasteiger partial charge in [0.25, 0.3) is 5.91 Å². The minimum Gasteiger partial charge on any atom is -0.384 e. The third kappa shape index (κ3) is 3.83. The van der Waals surface area contributed by atoms with Gasteiger partial charge in [-0.2, -0.15) is 0 Å². The zero-order valence-corrected chi connectivity index (χ0v) is 10.9. The fourth-order valence-electron chi connectivity index (χ4n) is 1.65. The summed E-state index contributed by atoms with van der Waals surface area (Å²) < 4.78 is 0. The number of nitrogens with zero attached hydrogens (tertiary/aromatic N) is 1. The Morgan fingerprint density at radius 1 is 1.42 bits per heavy atom. The summed E-state index contributed by atoms with van der Waals surface area (Å²) >= 11 is 0. The number of hydrogen-bond acceptors (Lipinski definition) is 3. The summed E-state index contributed by atoms with van der Waals surface area (Å²) in [6.07, 6.45) is 0. The number of benzene rings is 1. The van der Waals surface area contributed by atoms with Crippen LogP contribution in [0.1, 0.15) is 21.5 Å². The van der Waals surface area contributed by atoms with E-state index in [4.69, 9.17) is 10.8 Å². The summed E-state index contributed by atoms with van der Waals surface area (Å²) in [6.45, 7) is 1.40. The van der Waals surface area contributed by atoms with E-state index in [0.29, 0.717) is 16.7 Å². The number of aliphatic hydroxyl groups is 1. The van der Waals surface area contributed by atoms with Crippen molar-refractivity contribution in [2.75, 3.05) is 20.2 Å². The zero-order chi connectivity index (χ0) is 14.4. The first-order valence-corrected chi connectivity index (χ1v) is 5.70. The average molecular weight is 260 g/mol. The summed E-state index contributed by atoms with van der Waals surface area (Å²) in [5.41, 5.74) is 6.91. The van der Waals surface area contributed by atoms with Gasteiger partial charge in [-0.25, -0.2) is 0 Å². The molecule has 0 aliphatic rings. The number of primary amides is 1. The van der Waals surface area contributed by atoms with E-state index in [1.54, 1.807) is 25.1 Å². The predicted molar refractivity (Wildman–Crippen MR) is 71.3 cm³/mol. The Kier molecular flexibility index (Phi) is 5.10. The van der Waals surface area contributed by atoms with Crippen molar-refractivity contribution in [2.45, 2.75) is 6.92 Å². The first kappa shape index (κ1) is 14.7. The summed E-state index contributed by atoms with van der Waals surface area (Å²) in [7, 11) is 1.51. The lowest BCUT2D eigenvalue weighted by molar-refractivity contribution is -0.118. The lowest BCUT2D eigenvalue weighted by Gasteiger charge is -2.16. The maximum Gasteiger partial charge on any atom is 0.254 e. The molecule has 0 saturated heterocycles. The number of nitrogens with two attached hydrogens (primary N) is 1. The molecular weight excluding hydrogens is 244 g/mol. The molecular formula is C14H16N2O3. The molecule has 0 aliphatic carbocycles. The van der Waals surface area contributed by atoms with Crippen molar-refractivity contribution in [2.24, 2.45) is 5.73 Å². The van der Waals surface area contributed by atoms with Gasteiger partial charge in [-0.05, 0) is 24.6 Å². The lowest BCUT2D eigenvalue weighted by Crippen LogP contribution is -2.35. The molecule has 0 radical (unpaired) electrons. The predicted octanol–water partition coefficient (Wildman–Crippen LogP) is -0.104. The van der Waals surface area contributed by atoms with Crippen molar-refractivity contribution >= 4 is 11.8 Å². The Hall–Kier alpha value is -2.32. The van der Waals surface area contributed by atoms with Crippen LogP contribution in [0, 0.1) is 18.8 Å². The number of amides is 2. The molecule has 2 amide bonds. The van der Waals surface area contributed by atoms with Gasteiger partial charge in [0.05, 0.1) is 6.54 Å². The van der Waals surface area contributed by atoms with Gasteiger partial charge < -0.3 is 15.7 Å². The Balaban J connectivity index is 3.07. The Labute approximate surface area is 112 Å². The molecule has 0 bridgehead atoms. The van der Waals surface area contributed by atoms with Crippen molar-refractivity contribution in [1.29, 1.82) is 0 Å². The molecule has 5 nitrogen and oxygen atoms in total. The second-order valence-corrected chi connectivity index (χ2v) is 4.07. The topological polar surface area (TPSA) is 83.6 Å². The molecule has 0 aliphatic heterocycles. The molecule has 0 spiro atoms. The summed E-state index contributed by atoms with van der Waals surface area (Å²) in [5, 5.41) is 8.68. The number of aliphatic hydroxyl groups excluding tert-OH is 1. The highest BCUT2D eigenvalue weighted by Gasteiger charge is 2.16. The van der Waals surface area contributed by atoms with Crippen LogP contribution in [-0.4, -0.2) is 42.0 Å². The van der Waals surface area contributed by atoms with Gasteiger partial charge in [-0.1, -0.05) is 17.9 Å². The van der Waals surface area contributed by atoms with Gasteiger partial charge in [-0.15, -0.1) is 0 Å². The van der Waals surface area contributed by atoms with Crippen LogP contribution in [-0.2, 0) is 4.79 Å². The Morgan fingerprint density at radius 2 is 2.11 bits per heavy atom. The van der Waals surface area contributed by atoms with Crippen LogP contribution in [0.5, 0.6) is 0 Å². The van der Waals surface area contributed by atoms with Gasteiger partial charge in [0.2, 0.25) is 5.91 Å². The van der Waals surface area contributed by atoms with Gasteiger partial charge in [0.1, 0.15) is 6.61 Å². The monoisotopic (exact) mass is 260 g/mol. The SMILES string of the molecule is Cc1c(C#CCO)cccc1C(=O)N(C)CC(N)=O. The molecule has 19 heavy (non-hydrogen) atoms. The third-order valence-corrected chi connectivity index (χ3v) is 2.61. The highest BCUT2D eigenvalue weighted by molar-refractivity contribution is 5.97. The summed E-state index contributed by atoms with van der Waals surface area (Å²) in [4.78, 5) is 24.2. The first-order valence-electron chi connectivity index (χ1n) is 5.70. The number of rotatable bonds is 3. The van der Waals surface area contributed by atoms with E-state index >= 15 is 0 Å². The average Bonchev–Trinajstić information content (AvgIpc) is 2.36. The Bertz CT molecular complexity index is 556. The van der Waals surface area contributed by atoms with Crippen LogP contribution in [0.25, 0.3) is 0 Å². The van der Waals surface area contributed by atoms with Crippen LogP contribution in [0.4, 0.5) is 0 Å². The van der Waals surface area contributed by atoms with Crippen LogP contribution in [0.3, 0.4) is 0 Å². The summed E-state index contributed by atoms with van der Waals surface area (Å²) in [6, 6.07) is 5.14. The third-order valence-electron chi connectivity index (χ3n) is 2.61. The van der Waals surface area contributed by atoms with E-state index in [0.717, 1.165) is 0 Å². The maximum atomic E-state index is 12.1. The van der Waals surface area contributed by atoms with E-state index in [9.17, 15) is 9.59 Å². The molecule has 1 rings (SSSR count). The number of carbonyl (C=O) groups excluding carboxylic acids is 2. The van der Waals surface area contributed by atoms with Crippen LogP contribution in [0.15, 0.2) is 18.2 Å². The molecule has 0 aromatic heterocycles. The number of carbonyl (C=O) groups is 2. The van der Waals surface area contributed by atoms with Crippen molar-refractivity contribution < 1.29 is 14.7 Å². The largest absolute Gasteiger partial charge is 0.384 e. The van der Waals surface area contributed by atoms with Gasteiger partial charge >= 0.3 is 0 Å². The smallest absolute Gasteiger partial charge is 0.254 e. The van der Waals surface area contributed by atoms with E-state index < -0.39 is 5.91 Å². The number of hydrogen-bond donors (Lipinski definition) is 2. The molecule has 1 aromatic rings. The van der Waals surface area contributed by atoms with E-state index in [2.05, 4.69) is 11.8 Å². The molecule has 0 unspecified atom stereocenters. The fourth-order valence-corrected chi connectivity index (χ4v) is 1.65. The highest BCUT2D eigenvalue weighted by atomic mass is 16.2. The van der Waals surface area contributed by atoms with Gasteiger partial charge in [0, 0.05) is 18.2 Å². The molecule has 0 fully saturated rings. The molecule has 3 N–H and O–H groups in total. The van der Waals surface area contributed by atoms with Crippen LogP contribution < -0.4 is 5.73 Å². The van der Waals surface area contributed by atoms with Crippen molar-refractivity contribution in [1.82, 2.24) is 4.90 Å². The first-order chi connectivity index (χ1) is 8.97. The van der Waals surface area contributed by atoms with Crippen LogP contribution >= 0.6 is 0 Å². The highest BCUT2D eigenvalue weighted by Crippen LogP contribution is 2.14. The van der Waals surface area contributed by atoms with Gasteiger partial charge in [-0.3, -0.25) is 9.59 Å². The molecule has 0 saturated carbocycles. The van der Waals surface area contributed by atoms with Gasteiger partial charge in [0.15, 0.2) is 0 Å². The molecule has 0 atom stereocenters. The zero-order valence-electron chi connectivity index (χ0n) is 10.9. The quantitative estimate of drug-likeness (QED) is 0.744. The normalized spacial score (nSPS) is 9.42. The second-order valence-electron chi connectivity index (χ2n) is 4.07. The van der Waals surface area contributed by atoms with E-state index in [1.807, 2.05) is 0 Å². The molecule has 100 valence electrons. The fraction of sp³-hybridized carbons (Fsp3) is 0.286. The molecule has 1 aromatic carbocycles. The maximum absolute atomic E-state index is 12.1.